The monoisotopic (exact) mass is 358 g/mol. The van der Waals surface area contributed by atoms with Crippen molar-refractivity contribution in [1.29, 1.82) is 0 Å². The van der Waals surface area contributed by atoms with E-state index >= 15 is 0 Å². The Labute approximate surface area is 158 Å². The quantitative estimate of drug-likeness (QED) is 0.577. The smallest absolute Gasteiger partial charge is 0.0853 e. The molecule has 0 saturated heterocycles. The first-order valence-corrected chi connectivity index (χ1v) is 11.3. The number of hydrogen-bond acceptors (Lipinski definition) is 3. The number of aryl methyl sites for hydroxylation is 1. The van der Waals surface area contributed by atoms with Crippen LogP contribution >= 0.6 is 11.8 Å². The summed E-state index contributed by atoms with van der Waals surface area (Å²) in [4.78, 5) is 7.84. The van der Waals surface area contributed by atoms with Crippen LogP contribution < -0.4 is 0 Å². The fraction of sp³-hybridized carbons (Fsp3) is 0.682. The number of thioether (sulfide) groups is 1. The van der Waals surface area contributed by atoms with Crippen molar-refractivity contribution in [2.24, 2.45) is 4.99 Å². The molecule has 1 atom stereocenters. The van der Waals surface area contributed by atoms with Crippen molar-refractivity contribution >= 4 is 16.8 Å². The fourth-order valence-corrected chi connectivity index (χ4v) is 5.10. The highest BCUT2D eigenvalue weighted by molar-refractivity contribution is 8.14. The average molecular weight is 359 g/mol. The molecule has 0 spiro atoms. The van der Waals surface area contributed by atoms with Gasteiger partial charge in [-0.15, -0.1) is 11.8 Å². The van der Waals surface area contributed by atoms with Gasteiger partial charge in [0.15, 0.2) is 0 Å². The van der Waals surface area contributed by atoms with Crippen molar-refractivity contribution in [3.8, 4) is 0 Å². The lowest BCUT2D eigenvalue weighted by atomic mass is 9.94. The lowest BCUT2D eigenvalue weighted by Gasteiger charge is -2.34. The van der Waals surface area contributed by atoms with E-state index in [1.807, 2.05) is 11.8 Å². The normalized spacial score (nSPS) is 21.7. The summed E-state index contributed by atoms with van der Waals surface area (Å²) in [5.41, 5.74) is 2.80. The van der Waals surface area contributed by atoms with Crippen molar-refractivity contribution in [3.63, 3.8) is 0 Å². The summed E-state index contributed by atoms with van der Waals surface area (Å²) in [5, 5.41) is 1.37. The van der Waals surface area contributed by atoms with Gasteiger partial charge >= 0.3 is 0 Å². The second-order valence-electron chi connectivity index (χ2n) is 7.56. The Morgan fingerprint density at radius 3 is 2.52 bits per heavy atom. The van der Waals surface area contributed by atoms with Gasteiger partial charge in [-0.25, -0.2) is 0 Å². The molecule has 2 aliphatic rings. The lowest BCUT2D eigenvalue weighted by molar-refractivity contribution is 0.176. The molecule has 2 nitrogen and oxygen atoms in total. The van der Waals surface area contributed by atoms with Crippen LogP contribution in [0, 0.1) is 0 Å². The van der Waals surface area contributed by atoms with E-state index in [4.69, 9.17) is 4.99 Å². The van der Waals surface area contributed by atoms with Crippen molar-refractivity contribution in [3.05, 3.63) is 35.4 Å². The molecular formula is C22H34N2S. The van der Waals surface area contributed by atoms with Crippen LogP contribution in [0.3, 0.4) is 0 Å². The summed E-state index contributed by atoms with van der Waals surface area (Å²) < 4.78 is 0. The van der Waals surface area contributed by atoms with Crippen LogP contribution in [0.4, 0.5) is 0 Å². The van der Waals surface area contributed by atoms with Crippen LogP contribution in [0.5, 0.6) is 0 Å². The Kier molecular flexibility index (Phi) is 7.42. The highest BCUT2D eigenvalue weighted by Gasteiger charge is 2.25. The third-order valence-corrected chi connectivity index (χ3v) is 6.76. The van der Waals surface area contributed by atoms with Crippen LogP contribution in [-0.2, 0) is 6.42 Å². The molecule has 25 heavy (non-hydrogen) atoms. The Hall–Kier alpha value is -0.800. The van der Waals surface area contributed by atoms with Gasteiger partial charge in [-0.1, -0.05) is 63.8 Å². The molecule has 0 radical (unpaired) electrons. The number of aliphatic imine (C=N–C) groups is 1. The third kappa shape index (κ3) is 5.34. The summed E-state index contributed by atoms with van der Waals surface area (Å²) in [5.74, 6) is 1.12. The summed E-state index contributed by atoms with van der Waals surface area (Å²) in [6.07, 6.45) is 10.8. The van der Waals surface area contributed by atoms with Gasteiger partial charge in [-0.3, -0.25) is 9.89 Å². The molecule has 0 aromatic heterocycles. The number of nitrogens with zero attached hydrogens (tertiary/aromatic N) is 2. The number of benzene rings is 1. The number of hydrogen-bond donors (Lipinski definition) is 0. The molecule has 1 aliphatic carbocycles. The first-order valence-electron chi connectivity index (χ1n) is 10.3. The Balaban J connectivity index is 1.62. The third-order valence-electron chi connectivity index (χ3n) is 5.71. The van der Waals surface area contributed by atoms with Gasteiger partial charge in [0.05, 0.1) is 11.1 Å². The first kappa shape index (κ1) is 19.0. The summed E-state index contributed by atoms with van der Waals surface area (Å²) in [7, 11) is 0. The zero-order valence-electron chi connectivity index (χ0n) is 16.0. The predicted octanol–water partition coefficient (Wildman–Crippen LogP) is 5.87. The molecule has 3 rings (SSSR count). The zero-order chi connectivity index (χ0) is 17.5. The lowest BCUT2D eigenvalue weighted by Crippen LogP contribution is -2.40. The van der Waals surface area contributed by atoms with Gasteiger partial charge in [-0.2, -0.15) is 0 Å². The van der Waals surface area contributed by atoms with E-state index in [9.17, 15) is 0 Å². The maximum atomic E-state index is 5.09. The molecule has 1 aromatic rings. The predicted molar refractivity (Wildman–Crippen MR) is 112 cm³/mol. The number of rotatable bonds is 8. The molecule has 0 bridgehead atoms. The van der Waals surface area contributed by atoms with E-state index in [1.165, 1.54) is 67.7 Å². The molecular weight excluding hydrogens is 324 g/mol. The maximum absolute atomic E-state index is 5.09. The highest BCUT2D eigenvalue weighted by atomic mass is 32.2. The molecule has 1 aliphatic heterocycles. The number of unbranched alkanes of at least 4 members (excludes halogenated alkanes) is 1. The molecule has 0 N–H and O–H groups in total. The molecule has 138 valence electrons. The molecule has 0 amide bonds. The largest absolute Gasteiger partial charge is 0.294 e. The summed E-state index contributed by atoms with van der Waals surface area (Å²) >= 11 is 1.99. The second-order valence-corrected chi connectivity index (χ2v) is 8.65. The van der Waals surface area contributed by atoms with E-state index in [2.05, 4.69) is 43.0 Å². The van der Waals surface area contributed by atoms with Crippen LogP contribution in [-0.4, -0.2) is 34.8 Å². The average Bonchev–Trinajstić information content (AvgIpc) is 3.14. The summed E-state index contributed by atoms with van der Waals surface area (Å²) in [6.45, 7) is 6.85. The second kappa shape index (κ2) is 9.78. The van der Waals surface area contributed by atoms with Gasteiger partial charge in [-0.05, 0) is 43.4 Å². The topological polar surface area (TPSA) is 15.6 Å². The van der Waals surface area contributed by atoms with E-state index < -0.39 is 0 Å². The molecule has 1 fully saturated rings. The van der Waals surface area contributed by atoms with Crippen molar-refractivity contribution in [1.82, 2.24) is 4.90 Å². The molecule has 3 heteroatoms. The highest BCUT2D eigenvalue weighted by Crippen LogP contribution is 2.32. The maximum Gasteiger partial charge on any atom is 0.0853 e. The first-order chi connectivity index (χ1) is 12.3. The van der Waals surface area contributed by atoms with E-state index in [-0.39, 0.29) is 0 Å². The Bertz CT molecular complexity index is 546. The SMILES string of the molecule is CCCCN(CC1=NC(c2ccc(CC)cc2)CS1)C1CCCCC1. The minimum absolute atomic E-state index is 0.366. The van der Waals surface area contributed by atoms with Gasteiger partial charge in [0, 0.05) is 18.3 Å². The minimum atomic E-state index is 0.366. The molecule has 1 saturated carbocycles. The standard InChI is InChI=1S/C22H34N2S/c1-3-5-15-24(20-9-7-6-8-10-20)16-22-23-21(17-25-22)19-13-11-18(4-2)12-14-19/h11-14,20-21H,3-10,15-17H2,1-2H3. The van der Waals surface area contributed by atoms with E-state index in [1.54, 1.807) is 0 Å². The van der Waals surface area contributed by atoms with Gasteiger partial charge in [0.1, 0.15) is 0 Å². The van der Waals surface area contributed by atoms with Crippen LogP contribution in [0.1, 0.15) is 76.0 Å². The minimum Gasteiger partial charge on any atom is -0.294 e. The Morgan fingerprint density at radius 1 is 1.08 bits per heavy atom. The van der Waals surface area contributed by atoms with Crippen molar-refractivity contribution < 1.29 is 0 Å². The molecule has 1 heterocycles. The summed E-state index contributed by atoms with van der Waals surface area (Å²) in [6, 6.07) is 10.3. The van der Waals surface area contributed by atoms with E-state index in [0.717, 1.165) is 24.8 Å². The van der Waals surface area contributed by atoms with Gasteiger partial charge in [0.2, 0.25) is 0 Å². The molecule has 1 unspecified atom stereocenters. The van der Waals surface area contributed by atoms with Gasteiger partial charge in [0.25, 0.3) is 0 Å². The van der Waals surface area contributed by atoms with Crippen LogP contribution in [0.25, 0.3) is 0 Å². The fourth-order valence-electron chi connectivity index (χ4n) is 4.03. The van der Waals surface area contributed by atoms with Crippen LogP contribution in [0.15, 0.2) is 29.3 Å². The van der Waals surface area contributed by atoms with Crippen molar-refractivity contribution in [2.45, 2.75) is 77.3 Å². The Morgan fingerprint density at radius 2 is 1.84 bits per heavy atom. The zero-order valence-corrected chi connectivity index (χ0v) is 16.9. The van der Waals surface area contributed by atoms with Gasteiger partial charge < -0.3 is 0 Å². The van der Waals surface area contributed by atoms with Crippen molar-refractivity contribution in [2.75, 3.05) is 18.8 Å². The van der Waals surface area contributed by atoms with E-state index in [0.29, 0.717) is 6.04 Å². The van der Waals surface area contributed by atoms with Crippen LogP contribution in [0.2, 0.25) is 0 Å². The molecule has 1 aromatic carbocycles.